The summed E-state index contributed by atoms with van der Waals surface area (Å²) in [5, 5.41) is 20.0. The number of fused-ring (bicyclic) bond motifs is 1. The molecule has 0 aliphatic carbocycles. The van der Waals surface area contributed by atoms with Gasteiger partial charge in [0.1, 0.15) is 12.4 Å². The zero-order valence-electron chi connectivity index (χ0n) is 17.1. The van der Waals surface area contributed by atoms with Gasteiger partial charge in [-0.05, 0) is 42.5 Å². The van der Waals surface area contributed by atoms with Crippen molar-refractivity contribution in [3.05, 3.63) is 78.9 Å². The Morgan fingerprint density at radius 3 is 2.50 bits per heavy atom. The Bertz CT molecular complexity index is 1180. The Morgan fingerprint density at radius 2 is 1.69 bits per heavy atom. The van der Waals surface area contributed by atoms with Gasteiger partial charge >= 0.3 is 0 Å². The molecule has 1 aliphatic heterocycles. The van der Waals surface area contributed by atoms with Gasteiger partial charge in [0, 0.05) is 17.0 Å². The first kappa shape index (κ1) is 20.4. The summed E-state index contributed by atoms with van der Waals surface area (Å²) in [4.78, 5) is 0. The maximum Gasteiger partial charge on any atom is 0.231 e. The molecule has 32 heavy (non-hydrogen) atoms. The van der Waals surface area contributed by atoms with E-state index in [-0.39, 0.29) is 13.4 Å². The van der Waals surface area contributed by atoms with Crippen molar-refractivity contribution >= 4 is 11.8 Å². The van der Waals surface area contributed by atoms with Crippen molar-refractivity contribution < 1.29 is 19.3 Å². The Labute approximate surface area is 189 Å². The summed E-state index contributed by atoms with van der Waals surface area (Å²) in [6.07, 6.45) is -0.657. The van der Waals surface area contributed by atoms with Gasteiger partial charge in [-0.15, -0.1) is 10.2 Å². The fourth-order valence-corrected chi connectivity index (χ4v) is 4.18. The number of nitrogens with zero attached hydrogens (tertiary/aromatic N) is 3. The minimum atomic E-state index is -0.657. The van der Waals surface area contributed by atoms with Gasteiger partial charge in [-0.1, -0.05) is 48.2 Å². The first-order valence-corrected chi connectivity index (χ1v) is 11.2. The maximum absolute atomic E-state index is 10.4. The van der Waals surface area contributed by atoms with Gasteiger partial charge in [0.2, 0.25) is 6.79 Å². The lowest BCUT2D eigenvalue weighted by Gasteiger charge is -2.13. The third kappa shape index (κ3) is 4.42. The van der Waals surface area contributed by atoms with Crippen molar-refractivity contribution in [2.24, 2.45) is 0 Å². The lowest BCUT2D eigenvalue weighted by atomic mass is 10.2. The zero-order chi connectivity index (χ0) is 21.8. The van der Waals surface area contributed by atoms with Crippen LogP contribution in [0.3, 0.4) is 0 Å². The molecular weight excluding hydrogens is 426 g/mol. The van der Waals surface area contributed by atoms with Gasteiger partial charge < -0.3 is 19.3 Å². The molecule has 4 aromatic rings. The van der Waals surface area contributed by atoms with Crippen LogP contribution < -0.4 is 14.2 Å². The highest BCUT2D eigenvalue weighted by molar-refractivity contribution is 7.99. The van der Waals surface area contributed by atoms with E-state index in [0.29, 0.717) is 22.5 Å². The highest BCUT2D eigenvalue weighted by Gasteiger charge is 2.20. The van der Waals surface area contributed by atoms with Crippen molar-refractivity contribution in [1.82, 2.24) is 14.8 Å². The number of aromatic nitrogens is 3. The third-order valence-corrected chi connectivity index (χ3v) is 5.94. The molecule has 2 heterocycles. The van der Waals surface area contributed by atoms with Gasteiger partial charge in [0.05, 0.1) is 6.10 Å². The molecule has 1 aromatic heterocycles. The van der Waals surface area contributed by atoms with Crippen LogP contribution in [0.2, 0.25) is 0 Å². The van der Waals surface area contributed by atoms with Crippen LogP contribution >= 0.6 is 11.8 Å². The molecule has 1 N–H and O–H groups in total. The van der Waals surface area contributed by atoms with Crippen molar-refractivity contribution in [3.8, 4) is 34.3 Å². The van der Waals surface area contributed by atoms with Gasteiger partial charge in [-0.25, -0.2) is 0 Å². The molecule has 0 saturated heterocycles. The molecule has 3 aromatic carbocycles. The molecule has 0 fully saturated rings. The maximum atomic E-state index is 10.4. The summed E-state index contributed by atoms with van der Waals surface area (Å²) in [5.41, 5.74) is 1.80. The van der Waals surface area contributed by atoms with Crippen LogP contribution in [0.4, 0.5) is 0 Å². The standard InChI is InChI=1S/C24H21N3O4S/c28-19(14-29-20-9-5-2-6-10-20)15-32-24-26-25-23(27(24)18-7-3-1-4-8-18)17-11-12-21-22(13-17)31-16-30-21/h1-13,19,28H,14-16H2/t19-/m0/s1. The third-order valence-electron chi connectivity index (χ3n) is 4.87. The Kier molecular flexibility index (Phi) is 5.96. The van der Waals surface area contributed by atoms with E-state index in [1.54, 1.807) is 0 Å². The average Bonchev–Trinajstić information content (AvgIpc) is 3.49. The fourth-order valence-electron chi connectivity index (χ4n) is 3.32. The van der Waals surface area contributed by atoms with Crippen LogP contribution in [0.5, 0.6) is 17.2 Å². The number of hydrogen-bond acceptors (Lipinski definition) is 7. The van der Waals surface area contributed by atoms with Crippen LogP contribution in [-0.4, -0.2) is 45.1 Å². The normalized spacial score (nSPS) is 13.2. The topological polar surface area (TPSA) is 78.6 Å². The van der Waals surface area contributed by atoms with Crippen molar-refractivity contribution in [2.45, 2.75) is 11.3 Å². The van der Waals surface area contributed by atoms with E-state index in [2.05, 4.69) is 10.2 Å². The number of thioether (sulfide) groups is 1. The van der Waals surface area contributed by atoms with Crippen molar-refractivity contribution in [1.29, 1.82) is 0 Å². The highest BCUT2D eigenvalue weighted by atomic mass is 32.2. The van der Waals surface area contributed by atoms with E-state index in [4.69, 9.17) is 14.2 Å². The number of aliphatic hydroxyl groups excluding tert-OH is 1. The summed E-state index contributed by atoms with van der Waals surface area (Å²) in [5.74, 6) is 3.24. The molecule has 1 atom stereocenters. The van der Waals surface area contributed by atoms with Gasteiger partial charge in [-0.2, -0.15) is 0 Å². The van der Waals surface area contributed by atoms with E-state index in [1.807, 2.05) is 83.4 Å². The van der Waals surface area contributed by atoms with Crippen LogP contribution in [0.25, 0.3) is 17.1 Å². The second-order valence-electron chi connectivity index (χ2n) is 7.13. The van der Waals surface area contributed by atoms with Crippen LogP contribution in [0.1, 0.15) is 0 Å². The second kappa shape index (κ2) is 9.33. The zero-order valence-corrected chi connectivity index (χ0v) is 17.9. The Morgan fingerprint density at radius 1 is 0.938 bits per heavy atom. The summed E-state index contributed by atoms with van der Waals surface area (Å²) >= 11 is 1.43. The quantitative estimate of drug-likeness (QED) is 0.406. The monoisotopic (exact) mass is 447 g/mol. The largest absolute Gasteiger partial charge is 0.491 e. The van der Waals surface area contributed by atoms with E-state index in [1.165, 1.54) is 11.8 Å². The number of para-hydroxylation sites is 2. The molecule has 0 spiro atoms. The number of ether oxygens (including phenoxy) is 3. The molecular formula is C24H21N3O4S. The summed E-state index contributed by atoms with van der Waals surface area (Å²) in [6.45, 7) is 0.416. The smallest absolute Gasteiger partial charge is 0.231 e. The first-order valence-electron chi connectivity index (χ1n) is 10.2. The Hall–Kier alpha value is -3.49. The molecule has 0 amide bonds. The van der Waals surface area contributed by atoms with E-state index in [0.717, 1.165) is 22.7 Å². The summed E-state index contributed by atoms with van der Waals surface area (Å²) in [6, 6.07) is 25.1. The Balaban J connectivity index is 1.37. The number of aliphatic hydroxyl groups is 1. The molecule has 0 unspecified atom stereocenters. The molecule has 1 aliphatic rings. The highest BCUT2D eigenvalue weighted by Crippen LogP contribution is 2.37. The van der Waals surface area contributed by atoms with Crippen LogP contribution in [0, 0.1) is 0 Å². The first-order chi connectivity index (χ1) is 15.8. The summed E-state index contributed by atoms with van der Waals surface area (Å²) < 4.78 is 18.6. The lowest BCUT2D eigenvalue weighted by molar-refractivity contribution is 0.126. The van der Waals surface area contributed by atoms with E-state index in [9.17, 15) is 5.11 Å². The summed E-state index contributed by atoms with van der Waals surface area (Å²) in [7, 11) is 0. The minimum absolute atomic E-state index is 0.200. The number of benzene rings is 3. The van der Waals surface area contributed by atoms with Gasteiger partial charge in [0.25, 0.3) is 0 Å². The molecule has 0 bridgehead atoms. The molecule has 8 heteroatoms. The predicted molar refractivity (Wildman–Crippen MR) is 122 cm³/mol. The number of rotatable bonds is 8. The molecule has 0 saturated carbocycles. The predicted octanol–water partition coefficient (Wildman–Crippen LogP) is 4.20. The molecule has 162 valence electrons. The molecule has 7 nitrogen and oxygen atoms in total. The molecule has 0 radical (unpaired) electrons. The van der Waals surface area contributed by atoms with Crippen molar-refractivity contribution in [2.75, 3.05) is 19.2 Å². The van der Waals surface area contributed by atoms with E-state index < -0.39 is 6.10 Å². The fraction of sp³-hybridized carbons (Fsp3) is 0.167. The SMILES string of the molecule is O[C@@H](COc1ccccc1)CSc1nnc(-c2ccc3c(c2)OCO3)n1-c1ccccc1. The number of hydrogen-bond donors (Lipinski definition) is 1. The van der Waals surface area contributed by atoms with Gasteiger partial charge in [-0.3, -0.25) is 4.57 Å². The molecule has 5 rings (SSSR count). The van der Waals surface area contributed by atoms with E-state index >= 15 is 0 Å². The second-order valence-corrected chi connectivity index (χ2v) is 8.12. The van der Waals surface area contributed by atoms with Crippen LogP contribution in [-0.2, 0) is 0 Å². The lowest BCUT2D eigenvalue weighted by Crippen LogP contribution is -2.20. The van der Waals surface area contributed by atoms with Crippen molar-refractivity contribution in [3.63, 3.8) is 0 Å². The van der Waals surface area contributed by atoms with Gasteiger partial charge in [0.15, 0.2) is 22.5 Å². The minimum Gasteiger partial charge on any atom is -0.491 e. The average molecular weight is 448 g/mol. The van der Waals surface area contributed by atoms with Crippen LogP contribution in [0.15, 0.2) is 84.0 Å².